The lowest BCUT2D eigenvalue weighted by Crippen LogP contribution is -2.37. The van der Waals surface area contributed by atoms with Crippen LogP contribution in [0.2, 0.25) is 0 Å². The van der Waals surface area contributed by atoms with Crippen molar-refractivity contribution in [2.24, 2.45) is 0 Å². The Balaban J connectivity index is 1.89. The van der Waals surface area contributed by atoms with Gasteiger partial charge in [0.1, 0.15) is 5.82 Å². The van der Waals surface area contributed by atoms with Crippen molar-refractivity contribution in [1.29, 1.82) is 0 Å². The highest BCUT2D eigenvalue weighted by molar-refractivity contribution is 5.99. The molecule has 1 unspecified atom stereocenters. The Kier molecular flexibility index (Phi) is 3.74. The van der Waals surface area contributed by atoms with E-state index in [2.05, 4.69) is 9.80 Å². The third kappa shape index (κ3) is 2.57. The van der Waals surface area contributed by atoms with Gasteiger partial charge in [0.25, 0.3) is 0 Å². The average molecular weight is 276 g/mol. The van der Waals surface area contributed by atoms with E-state index in [0.717, 1.165) is 31.7 Å². The number of anilines is 1. The number of nitrogens with zero attached hydrogens (tertiary/aromatic N) is 2. The standard InChI is InChI=1S/C16H21FN2O/c1-12(20)15-10-13(17)5-6-16(15)19-9-3-8-18-7-2-4-14(18)11-19/h5-6,10,14H,2-4,7-9,11H2,1H3. The van der Waals surface area contributed by atoms with Crippen molar-refractivity contribution >= 4 is 11.5 Å². The number of fused-ring (bicyclic) bond motifs is 1. The maximum absolute atomic E-state index is 13.4. The molecule has 4 heteroatoms. The molecule has 0 spiro atoms. The van der Waals surface area contributed by atoms with E-state index in [0.29, 0.717) is 11.6 Å². The van der Waals surface area contributed by atoms with Gasteiger partial charge in [0, 0.05) is 36.9 Å². The van der Waals surface area contributed by atoms with Crippen LogP contribution in [-0.4, -0.2) is 42.9 Å². The van der Waals surface area contributed by atoms with Gasteiger partial charge in [-0.3, -0.25) is 9.69 Å². The van der Waals surface area contributed by atoms with Crippen LogP contribution < -0.4 is 4.90 Å². The Hall–Kier alpha value is -1.42. The van der Waals surface area contributed by atoms with E-state index in [4.69, 9.17) is 0 Å². The van der Waals surface area contributed by atoms with Gasteiger partial charge in [0.05, 0.1) is 0 Å². The van der Waals surface area contributed by atoms with Gasteiger partial charge in [-0.05, 0) is 50.9 Å². The summed E-state index contributed by atoms with van der Waals surface area (Å²) in [4.78, 5) is 16.6. The van der Waals surface area contributed by atoms with E-state index in [9.17, 15) is 9.18 Å². The summed E-state index contributed by atoms with van der Waals surface area (Å²) in [5.74, 6) is -0.400. The fraction of sp³-hybridized carbons (Fsp3) is 0.562. The van der Waals surface area contributed by atoms with Crippen molar-refractivity contribution < 1.29 is 9.18 Å². The number of halogens is 1. The monoisotopic (exact) mass is 276 g/mol. The van der Waals surface area contributed by atoms with Crippen LogP contribution in [0, 0.1) is 5.82 Å². The highest BCUT2D eigenvalue weighted by Gasteiger charge is 2.29. The normalized spacial score (nSPS) is 23.5. The molecular formula is C16H21FN2O. The second-order valence-corrected chi connectivity index (χ2v) is 5.85. The Morgan fingerprint density at radius 3 is 2.85 bits per heavy atom. The summed E-state index contributed by atoms with van der Waals surface area (Å²) in [5, 5.41) is 0. The molecule has 0 saturated carbocycles. The largest absolute Gasteiger partial charge is 0.369 e. The van der Waals surface area contributed by atoms with Gasteiger partial charge in [0.2, 0.25) is 0 Å². The van der Waals surface area contributed by atoms with Crippen LogP contribution in [0.25, 0.3) is 0 Å². The number of carbonyl (C=O) groups excluding carboxylic acids is 1. The molecule has 0 N–H and O–H groups in total. The molecule has 0 amide bonds. The quantitative estimate of drug-likeness (QED) is 0.776. The number of Topliss-reactive ketones (excluding diaryl/α,β-unsaturated/α-hetero) is 1. The van der Waals surface area contributed by atoms with Gasteiger partial charge in [-0.1, -0.05) is 0 Å². The number of rotatable bonds is 2. The Bertz CT molecular complexity index is 517. The molecule has 108 valence electrons. The van der Waals surface area contributed by atoms with Crippen molar-refractivity contribution in [1.82, 2.24) is 4.90 Å². The van der Waals surface area contributed by atoms with E-state index in [-0.39, 0.29) is 11.6 Å². The lowest BCUT2D eigenvalue weighted by Gasteiger charge is -2.28. The van der Waals surface area contributed by atoms with Crippen molar-refractivity contribution in [2.75, 3.05) is 31.1 Å². The summed E-state index contributed by atoms with van der Waals surface area (Å²) in [7, 11) is 0. The van der Waals surface area contributed by atoms with Gasteiger partial charge < -0.3 is 4.90 Å². The van der Waals surface area contributed by atoms with Crippen molar-refractivity contribution in [3.63, 3.8) is 0 Å². The van der Waals surface area contributed by atoms with Gasteiger partial charge in [-0.2, -0.15) is 0 Å². The zero-order valence-corrected chi connectivity index (χ0v) is 11.9. The van der Waals surface area contributed by atoms with Crippen LogP contribution in [0.1, 0.15) is 36.5 Å². The minimum absolute atomic E-state index is 0.0629. The first-order chi connectivity index (χ1) is 9.65. The summed E-state index contributed by atoms with van der Waals surface area (Å²) in [6, 6.07) is 5.17. The molecule has 1 atom stereocenters. The second-order valence-electron chi connectivity index (χ2n) is 5.85. The van der Waals surface area contributed by atoms with E-state index >= 15 is 0 Å². The number of hydrogen-bond acceptors (Lipinski definition) is 3. The Morgan fingerprint density at radius 2 is 2.05 bits per heavy atom. The molecule has 3 nitrogen and oxygen atoms in total. The summed E-state index contributed by atoms with van der Waals surface area (Å²) >= 11 is 0. The molecule has 20 heavy (non-hydrogen) atoms. The molecule has 2 aliphatic heterocycles. The molecule has 2 fully saturated rings. The fourth-order valence-electron chi connectivity index (χ4n) is 3.49. The van der Waals surface area contributed by atoms with Gasteiger partial charge in [-0.25, -0.2) is 4.39 Å². The van der Waals surface area contributed by atoms with Crippen LogP contribution in [0.5, 0.6) is 0 Å². The molecule has 3 rings (SSSR count). The number of hydrogen-bond donors (Lipinski definition) is 0. The zero-order chi connectivity index (χ0) is 14.1. The summed E-state index contributed by atoms with van der Waals surface area (Å²) in [5.41, 5.74) is 1.41. The molecule has 2 aliphatic rings. The number of ketones is 1. The van der Waals surface area contributed by atoms with Crippen LogP contribution in [0.15, 0.2) is 18.2 Å². The predicted octanol–water partition coefficient (Wildman–Crippen LogP) is 2.70. The molecule has 1 aromatic rings. The third-order valence-corrected chi connectivity index (χ3v) is 4.48. The van der Waals surface area contributed by atoms with E-state index < -0.39 is 0 Å². The van der Waals surface area contributed by atoms with Crippen LogP contribution in [0.3, 0.4) is 0 Å². The first kappa shape index (κ1) is 13.6. The van der Waals surface area contributed by atoms with Crippen LogP contribution in [0.4, 0.5) is 10.1 Å². The Morgan fingerprint density at radius 1 is 1.25 bits per heavy atom. The maximum atomic E-state index is 13.4. The first-order valence-corrected chi connectivity index (χ1v) is 7.44. The minimum atomic E-state index is -0.337. The fourth-order valence-corrected chi connectivity index (χ4v) is 3.49. The highest BCUT2D eigenvalue weighted by Crippen LogP contribution is 2.28. The molecule has 0 radical (unpaired) electrons. The SMILES string of the molecule is CC(=O)c1cc(F)ccc1N1CCCN2CCCC2C1. The number of carbonyl (C=O) groups is 1. The smallest absolute Gasteiger partial charge is 0.161 e. The lowest BCUT2D eigenvalue weighted by atomic mass is 10.1. The summed E-state index contributed by atoms with van der Waals surface area (Å²) in [6.07, 6.45) is 3.60. The maximum Gasteiger partial charge on any atom is 0.161 e. The molecule has 2 heterocycles. The molecule has 2 saturated heterocycles. The molecular weight excluding hydrogens is 255 g/mol. The molecule has 1 aromatic carbocycles. The average Bonchev–Trinajstić information content (AvgIpc) is 2.76. The Labute approximate surface area is 119 Å². The van der Waals surface area contributed by atoms with E-state index in [1.165, 1.54) is 38.4 Å². The highest BCUT2D eigenvalue weighted by atomic mass is 19.1. The van der Waals surface area contributed by atoms with Gasteiger partial charge >= 0.3 is 0 Å². The molecule has 0 aromatic heterocycles. The van der Waals surface area contributed by atoms with Crippen LogP contribution in [-0.2, 0) is 0 Å². The van der Waals surface area contributed by atoms with Crippen molar-refractivity contribution in [3.8, 4) is 0 Å². The van der Waals surface area contributed by atoms with E-state index in [1.807, 2.05) is 0 Å². The predicted molar refractivity (Wildman–Crippen MR) is 77.8 cm³/mol. The molecule has 0 aliphatic carbocycles. The molecule has 0 bridgehead atoms. The zero-order valence-electron chi connectivity index (χ0n) is 11.9. The van der Waals surface area contributed by atoms with E-state index in [1.54, 1.807) is 6.07 Å². The minimum Gasteiger partial charge on any atom is -0.369 e. The third-order valence-electron chi connectivity index (χ3n) is 4.48. The summed E-state index contributed by atoms with van der Waals surface area (Å²) < 4.78 is 13.4. The van der Waals surface area contributed by atoms with Crippen molar-refractivity contribution in [3.05, 3.63) is 29.6 Å². The second kappa shape index (κ2) is 5.52. The van der Waals surface area contributed by atoms with Crippen LogP contribution >= 0.6 is 0 Å². The van der Waals surface area contributed by atoms with Crippen molar-refractivity contribution in [2.45, 2.75) is 32.2 Å². The van der Waals surface area contributed by atoms with Gasteiger partial charge in [0.15, 0.2) is 5.78 Å². The first-order valence-electron chi connectivity index (χ1n) is 7.44. The number of benzene rings is 1. The van der Waals surface area contributed by atoms with Gasteiger partial charge in [-0.15, -0.1) is 0 Å². The summed E-state index contributed by atoms with van der Waals surface area (Å²) in [6.45, 7) is 5.74. The topological polar surface area (TPSA) is 23.6 Å². The lowest BCUT2D eigenvalue weighted by molar-refractivity contribution is 0.101.